The van der Waals surface area contributed by atoms with Gasteiger partial charge in [-0.2, -0.15) is 5.10 Å². The molecule has 0 aliphatic rings. The molecule has 0 atom stereocenters. The summed E-state index contributed by atoms with van der Waals surface area (Å²) in [6, 6.07) is 6.71. The minimum Gasteiger partial charge on any atom is -0.493 e. The van der Waals surface area contributed by atoms with Crippen molar-refractivity contribution >= 4 is 45.5 Å². The normalized spacial score (nSPS) is 11.3. The molecule has 10 nitrogen and oxygen atoms in total. The van der Waals surface area contributed by atoms with Gasteiger partial charge in [0.2, 0.25) is 0 Å². The average molecular weight is 483 g/mol. The summed E-state index contributed by atoms with van der Waals surface area (Å²) in [4.78, 5) is 34.2. The zero-order valence-electron chi connectivity index (χ0n) is 19.4. The van der Waals surface area contributed by atoms with Crippen LogP contribution < -0.4 is 21.0 Å². The van der Waals surface area contributed by atoms with Crippen molar-refractivity contribution in [2.24, 2.45) is 5.92 Å². The predicted molar refractivity (Wildman–Crippen MR) is 132 cm³/mol. The molecule has 0 unspecified atom stereocenters. The van der Waals surface area contributed by atoms with Crippen molar-refractivity contribution < 1.29 is 13.9 Å². The number of nitrogens with one attached hydrogen (secondary N) is 2. The van der Waals surface area contributed by atoms with Crippen molar-refractivity contribution in [2.45, 2.75) is 25.5 Å². The van der Waals surface area contributed by atoms with Gasteiger partial charge in [-0.05, 0) is 24.3 Å². The molecular formula is C23H26N6O4S. The number of hydrogen-bond donors (Lipinski definition) is 2. The molecule has 0 aliphatic heterocycles. The lowest BCUT2D eigenvalue weighted by atomic mass is 10.1. The second-order valence-corrected chi connectivity index (χ2v) is 8.79. The van der Waals surface area contributed by atoms with Crippen LogP contribution in [0.2, 0.25) is 0 Å². The standard InChI is InChI=1S/C23H26N6O4S/c1-13(2)11-25-19-16-12-26-29(20(16)28-23(27-19)34-4)9-8-24-21(30)15-10-14-6-5-7-17(32-3)18(14)33-22(15)31/h5-7,10,12-13H,8-9,11H2,1-4H3,(H,24,30)(H,25,27,28). The number of amides is 1. The van der Waals surface area contributed by atoms with Gasteiger partial charge < -0.3 is 19.8 Å². The number of carbonyl (C=O) groups is 1. The highest BCUT2D eigenvalue weighted by atomic mass is 32.2. The Balaban J connectivity index is 1.50. The van der Waals surface area contributed by atoms with Crippen molar-refractivity contribution in [2.75, 3.05) is 31.8 Å². The molecule has 4 rings (SSSR count). The van der Waals surface area contributed by atoms with Gasteiger partial charge in [0, 0.05) is 18.5 Å². The van der Waals surface area contributed by atoms with E-state index in [0.29, 0.717) is 40.0 Å². The van der Waals surface area contributed by atoms with Crippen molar-refractivity contribution in [3.63, 3.8) is 0 Å². The molecule has 3 aromatic heterocycles. The molecule has 0 spiro atoms. The third-order valence-corrected chi connectivity index (χ3v) is 5.68. The number of aromatic nitrogens is 4. The summed E-state index contributed by atoms with van der Waals surface area (Å²) >= 11 is 1.45. The van der Waals surface area contributed by atoms with E-state index in [9.17, 15) is 9.59 Å². The van der Waals surface area contributed by atoms with Crippen LogP contribution in [0.4, 0.5) is 5.82 Å². The van der Waals surface area contributed by atoms with E-state index in [4.69, 9.17) is 9.15 Å². The number of nitrogens with zero attached hydrogens (tertiary/aromatic N) is 4. The van der Waals surface area contributed by atoms with Gasteiger partial charge in [-0.3, -0.25) is 4.79 Å². The molecule has 178 valence electrons. The number of rotatable bonds is 9. The van der Waals surface area contributed by atoms with Crippen LogP contribution in [-0.4, -0.2) is 52.1 Å². The van der Waals surface area contributed by atoms with Gasteiger partial charge >= 0.3 is 5.63 Å². The molecule has 1 amide bonds. The quantitative estimate of drug-likeness (QED) is 0.210. The maximum Gasteiger partial charge on any atom is 0.349 e. The summed E-state index contributed by atoms with van der Waals surface area (Å²) in [5.74, 6) is 1.11. The molecule has 3 heterocycles. The topological polar surface area (TPSA) is 124 Å². The fraction of sp³-hybridized carbons (Fsp3) is 0.348. The van der Waals surface area contributed by atoms with E-state index in [2.05, 4.69) is 39.5 Å². The van der Waals surface area contributed by atoms with Crippen LogP contribution in [0.15, 0.2) is 44.8 Å². The van der Waals surface area contributed by atoms with Crippen molar-refractivity contribution in [3.8, 4) is 5.75 Å². The summed E-state index contributed by atoms with van der Waals surface area (Å²) < 4.78 is 12.3. The number of fused-ring (bicyclic) bond motifs is 2. The Bertz CT molecular complexity index is 1400. The van der Waals surface area contributed by atoms with Crippen LogP contribution in [0.5, 0.6) is 5.75 Å². The van der Waals surface area contributed by atoms with E-state index >= 15 is 0 Å². The highest BCUT2D eigenvalue weighted by molar-refractivity contribution is 7.98. The van der Waals surface area contributed by atoms with Gasteiger partial charge in [0.15, 0.2) is 22.1 Å². The molecule has 0 fully saturated rings. The largest absolute Gasteiger partial charge is 0.493 e. The number of anilines is 1. The van der Waals surface area contributed by atoms with Crippen molar-refractivity contribution in [1.82, 2.24) is 25.1 Å². The molecule has 2 N–H and O–H groups in total. The Morgan fingerprint density at radius 3 is 2.85 bits per heavy atom. The predicted octanol–water partition coefficient (Wildman–Crippen LogP) is 3.16. The van der Waals surface area contributed by atoms with Crippen LogP contribution in [0.3, 0.4) is 0 Å². The summed E-state index contributed by atoms with van der Waals surface area (Å²) in [5.41, 5.74) is 0.188. The Hall–Kier alpha value is -3.60. The first kappa shape index (κ1) is 23.6. The molecule has 11 heteroatoms. The number of hydrogen-bond acceptors (Lipinski definition) is 9. The molecule has 34 heavy (non-hydrogen) atoms. The maximum absolute atomic E-state index is 12.7. The van der Waals surface area contributed by atoms with E-state index in [0.717, 1.165) is 17.7 Å². The third-order valence-electron chi connectivity index (χ3n) is 5.13. The summed E-state index contributed by atoms with van der Waals surface area (Å²) in [6.07, 6.45) is 3.63. The van der Waals surface area contributed by atoms with Crippen molar-refractivity contribution in [1.29, 1.82) is 0 Å². The molecule has 1 aromatic carbocycles. The van der Waals surface area contributed by atoms with Gasteiger partial charge in [0.05, 0.1) is 25.2 Å². The Morgan fingerprint density at radius 1 is 1.29 bits per heavy atom. The monoisotopic (exact) mass is 482 g/mol. The molecule has 0 bridgehead atoms. The lowest BCUT2D eigenvalue weighted by Crippen LogP contribution is -2.31. The van der Waals surface area contributed by atoms with E-state index in [-0.39, 0.29) is 12.1 Å². The van der Waals surface area contributed by atoms with Gasteiger partial charge in [0.1, 0.15) is 11.4 Å². The number of thioether (sulfide) groups is 1. The van der Waals surface area contributed by atoms with Gasteiger partial charge in [-0.1, -0.05) is 37.7 Å². The number of ether oxygens (including phenoxy) is 1. The van der Waals surface area contributed by atoms with Gasteiger partial charge in [-0.15, -0.1) is 0 Å². The van der Waals surface area contributed by atoms with E-state index in [1.165, 1.54) is 24.9 Å². The first-order valence-corrected chi connectivity index (χ1v) is 12.0. The highest BCUT2D eigenvalue weighted by Crippen LogP contribution is 2.25. The minimum atomic E-state index is -0.725. The molecule has 4 aromatic rings. The molecular weight excluding hydrogens is 456 g/mol. The molecule has 0 saturated heterocycles. The highest BCUT2D eigenvalue weighted by Gasteiger charge is 2.17. The number of methoxy groups -OCH3 is 1. The summed E-state index contributed by atoms with van der Waals surface area (Å²) in [6.45, 7) is 5.65. The van der Waals surface area contributed by atoms with Crippen LogP contribution in [0.1, 0.15) is 24.2 Å². The van der Waals surface area contributed by atoms with Crippen LogP contribution in [-0.2, 0) is 6.54 Å². The van der Waals surface area contributed by atoms with Crippen LogP contribution >= 0.6 is 11.8 Å². The van der Waals surface area contributed by atoms with Crippen molar-refractivity contribution in [3.05, 3.63) is 46.4 Å². The first-order chi connectivity index (χ1) is 16.4. The van der Waals surface area contributed by atoms with Crippen LogP contribution in [0.25, 0.3) is 22.0 Å². The average Bonchev–Trinajstić information content (AvgIpc) is 3.24. The zero-order chi connectivity index (χ0) is 24.2. The zero-order valence-corrected chi connectivity index (χ0v) is 20.2. The second-order valence-electron chi connectivity index (χ2n) is 8.02. The smallest absolute Gasteiger partial charge is 0.349 e. The molecule has 0 radical (unpaired) electrons. The Labute approximate surface area is 200 Å². The van der Waals surface area contributed by atoms with E-state index < -0.39 is 11.5 Å². The third kappa shape index (κ3) is 4.84. The van der Waals surface area contributed by atoms with Gasteiger partial charge in [0.25, 0.3) is 5.91 Å². The van der Waals surface area contributed by atoms with E-state index in [1.54, 1.807) is 29.1 Å². The molecule has 0 saturated carbocycles. The lowest BCUT2D eigenvalue weighted by molar-refractivity contribution is 0.0948. The second kappa shape index (κ2) is 10.1. The fourth-order valence-corrected chi connectivity index (χ4v) is 3.79. The van der Waals surface area contributed by atoms with Gasteiger partial charge in [-0.25, -0.2) is 19.4 Å². The lowest BCUT2D eigenvalue weighted by Gasteiger charge is -2.11. The summed E-state index contributed by atoms with van der Waals surface area (Å²) in [7, 11) is 1.49. The number of para-hydroxylation sites is 1. The first-order valence-electron chi connectivity index (χ1n) is 10.8. The minimum absolute atomic E-state index is 0.0711. The number of benzene rings is 1. The SMILES string of the molecule is COc1cccc2cc(C(=O)NCCn3ncc4c(NCC(C)C)nc(SC)nc43)c(=O)oc12. The Kier molecular flexibility index (Phi) is 7.01. The van der Waals surface area contributed by atoms with Crippen LogP contribution in [0, 0.1) is 5.92 Å². The number of carbonyl (C=O) groups excluding carboxylic acids is 1. The molecule has 0 aliphatic carbocycles. The fourth-order valence-electron chi connectivity index (χ4n) is 3.43. The maximum atomic E-state index is 12.7. The summed E-state index contributed by atoms with van der Waals surface area (Å²) in [5, 5.41) is 12.6. The van der Waals surface area contributed by atoms with E-state index in [1.807, 2.05) is 6.26 Å². The Morgan fingerprint density at radius 2 is 2.12 bits per heavy atom.